The SMILES string of the molecule is Cc1cccn2c(=O)cc(CSc3ncnc4sc(-c5ccccc5)cc34)nc12. The van der Waals surface area contributed by atoms with E-state index in [1.54, 1.807) is 46.1 Å². The Morgan fingerprint density at radius 2 is 1.93 bits per heavy atom. The van der Waals surface area contributed by atoms with Crippen LogP contribution in [-0.4, -0.2) is 19.4 Å². The molecule has 0 saturated carbocycles. The summed E-state index contributed by atoms with van der Waals surface area (Å²) in [7, 11) is 0. The Kier molecular flexibility index (Phi) is 4.61. The molecule has 5 aromatic rings. The van der Waals surface area contributed by atoms with Crippen LogP contribution in [0.25, 0.3) is 26.3 Å². The average Bonchev–Trinajstić information content (AvgIpc) is 3.19. The van der Waals surface area contributed by atoms with Crippen molar-refractivity contribution in [3.8, 4) is 10.4 Å². The number of benzene rings is 1. The van der Waals surface area contributed by atoms with Crippen molar-refractivity contribution in [1.29, 1.82) is 0 Å². The van der Waals surface area contributed by atoms with Crippen LogP contribution in [0, 0.1) is 6.92 Å². The fourth-order valence-electron chi connectivity index (χ4n) is 3.22. The van der Waals surface area contributed by atoms with Gasteiger partial charge in [0.2, 0.25) is 0 Å². The van der Waals surface area contributed by atoms with E-state index >= 15 is 0 Å². The van der Waals surface area contributed by atoms with Gasteiger partial charge >= 0.3 is 0 Å². The largest absolute Gasteiger partial charge is 0.269 e. The van der Waals surface area contributed by atoms with Crippen molar-refractivity contribution in [2.45, 2.75) is 17.7 Å². The smallest absolute Gasteiger partial charge is 0.258 e. The fourth-order valence-corrected chi connectivity index (χ4v) is 5.15. The highest BCUT2D eigenvalue weighted by Gasteiger charge is 2.12. The molecule has 1 aromatic carbocycles. The molecule has 7 heteroatoms. The fraction of sp³-hybridized carbons (Fsp3) is 0.0909. The van der Waals surface area contributed by atoms with E-state index in [0.717, 1.165) is 26.5 Å². The van der Waals surface area contributed by atoms with Crippen LogP contribution in [0.4, 0.5) is 0 Å². The lowest BCUT2D eigenvalue weighted by molar-refractivity contribution is 0.999. The number of thiophene rings is 1. The van der Waals surface area contributed by atoms with Gasteiger partial charge in [-0.3, -0.25) is 9.20 Å². The van der Waals surface area contributed by atoms with Gasteiger partial charge in [-0.1, -0.05) is 48.2 Å². The van der Waals surface area contributed by atoms with Crippen molar-refractivity contribution in [2.24, 2.45) is 0 Å². The molecule has 5 nitrogen and oxygen atoms in total. The molecule has 0 amide bonds. The van der Waals surface area contributed by atoms with Crippen LogP contribution in [0.3, 0.4) is 0 Å². The molecular weight excluding hydrogens is 400 g/mol. The van der Waals surface area contributed by atoms with Crippen molar-refractivity contribution < 1.29 is 0 Å². The number of rotatable bonds is 4. The van der Waals surface area contributed by atoms with Crippen LogP contribution in [-0.2, 0) is 5.75 Å². The normalized spacial score (nSPS) is 11.3. The van der Waals surface area contributed by atoms with Gasteiger partial charge in [-0.25, -0.2) is 15.0 Å². The molecule has 0 saturated heterocycles. The van der Waals surface area contributed by atoms with E-state index in [2.05, 4.69) is 33.2 Å². The summed E-state index contributed by atoms with van der Waals surface area (Å²) in [6.45, 7) is 1.96. The first-order chi connectivity index (χ1) is 14.2. The number of fused-ring (bicyclic) bond motifs is 2. The van der Waals surface area contributed by atoms with E-state index in [9.17, 15) is 4.79 Å². The summed E-state index contributed by atoms with van der Waals surface area (Å²) in [5.74, 6) is 0.572. The first kappa shape index (κ1) is 18.0. The zero-order chi connectivity index (χ0) is 19.8. The third kappa shape index (κ3) is 3.43. The third-order valence-corrected chi connectivity index (χ3v) is 6.78. The van der Waals surface area contributed by atoms with Gasteiger partial charge < -0.3 is 0 Å². The number of thioether (sulfide) groups is 1. The van der Waals surface area contributed by atoms with Gasteiger partial charge in [0.25, 0.3) is 5.56 Å². The Morgan fingerprint density at radius 1 is 1.07 bits per heavy atom. The first-order valence-corrected chi connectivity index (χ1v) is 10.9. The van der Waals surface area contributed by atoms with E-state index in [-0.39, 0.29) is 5.56 Å². The van der Waals surface area contributed by atoms with Crippen molar-refractivity contribution in [1.82, 2.24) is 19.4 Å². The molecule has 0 aliphatic rings. The minimum atomic E-state index is -0.0657. The van der Waals surface area contributed by atoms with Gasteiger partial charge in [-0.15, -0.1) is 11.3 Å². The summed E-state index contributed by atoms with van der Waals surface area (Å²) < 4.78 is 1.58. The van der Waals surface area contributed by atoms with Gasteiger partial charge in [-0.2, -0.15) is 0 Å². The lowest BCUT2D eigenvalue weighted by Gasteiger charge is -2.06. The molecule has 0 fully saturated rings. The monoisotopic (exact) mass is 416 g/mol. The van der Waals surface area contributed by atoms with Crippen molar-refractivity contribution in [3.63, 3.8) is 0 Å². The second-order valence-electron chi connectivity index (χ2n) is 6.63. The van der Waals surface area contributed by atoms with Crippen LogP contribution in [0.5, 0.6) is 0 Å². The highest BCUT2D eigenvalue weighted by atomic mass is 32.2. The molecule has 0 aliphatic carbocycles. The molecule has 0 bridgehead atoms. The number of hydrogen-bond acceptors (Lipinski definition) is 6. The molecule has 5 rings (SSSR count). The molecule has 142 valence electrons. The van der Waals surface area contributed by atoms with Gasteiger partial charge in [-0.05, 0) is 30.2 Å². The first-order valence-electron chi connectivity index (χ1n) is 9.10. The zero-order valence-electron chi connectivity index (χ0n) is 15.6. The van der Waals surface area contributed by atoms with E-state index in [4.69, 9.17) is 0 Å². The van der Waals surface area contributed by atoms with Gasteiger partial charge in [0.1, 0.15) is 21.8 Å². The van der Waals surface area contributed by atoms with Crippen LogP contribution >= 0.6 is 23.1 Å². The molecule has 0 radical (unpaired) electrons. The Morgan fingerprint density at radius 3 is 2.79 bits per heavy atom. The van der Waals surface area contributed by atoms with E-state index < -0.39 is 0 Å². The van der Waals surface area contributed by atoms with Crippen LogP contribution in [0.2, 0.25) is 0 Å². The lowest BCUT2D eigenvalue weighted by Crippen LogP contribution is -2.15. The minimum Gasteiger partial charge on any atom is -0.269 e. The summed E-state index contributed by atoms with van der Waals surface area (Å²) in [5.41, 5.74) is 3.53. The predicted octanol–water partition coefficient (Wildman–Crippen LogP) is 4.97. The Hall–Kier alpha value is -3.03. The topological polar surface area (TPSA) is 60.2 Å². The second-order valence-corrected chi connectivity index (χ2v) is 8.63. The molecule has 0 atom stereocenters. The molecule has 29 heavy (non-hydrogen) atoms. The summed E-state index contributed by atoms with van der Waals surface area (Å²) in [6.07, 6.45) is 3.35. The average molecular weight is 417 g/mol. The van der Waals surface area contributed by atoms with Crippen molar-refractivity contribution in [3.05, 3.63) is 88.7 Å². The third-order valence-electron chi connectivity index (χ3n) is 4.65. The van der Waals surface area contributed by atoms with Crippen LogP contribution in [0.1, 0.15) is 11.3 Å². The van der Waals surface area contributed by atoms with Crippen LogP contribution < -0.4 is 5.56 Å². The molecule has 0 spiro atoms. The maximum atomic E-state index is 12.4. The standard InChI is InChI=1S/C22H16N4OS2/c1-14-6-5-9-26-19(27)10-16(25-20(14)26)12-28-21-17-11-18(15-7-3-2-4-8-15)29-22(17)24-13-23-21/h2-11,13H,12H2,1H3. The Bertz CT molecular complexity index is 1390. The van der Waals surface area contributed by atoms with Gasteiger partial charge in [0.15, 0.2) is 0 Å². The quantitative estimate of drug-likeness (QED) is 0.306. The van der Waals surface area contributed by atoms with Crippen LogP contribution in [0.15, 0.2) is 76.9 Å². The van der Waals surface area contributed by atoms with Crippen molar-refractivity contribution >= 4 is 39.0 Å². The predicted molar refractivity (Wildman–Crippen MR) is 119 cm³/mol. The maximum Gasteiger partial charge on any atom is 0.258 e. The Labute approximate surface area is 175 Å². The lowest BCUT2D eigenvalue weighted by atomic mass is 10.2. The van der Waals surface area contributed by atoms with Gasteiger partial charge in [0.05, 0.1) is 5.69 Å². The maximum absolute atomic E-state index is 12.4. The summed E-state index contributed by atoms with van der Waals surface area (Å²) >= 11 is 3.24. The molecule has 0 unspecified atom stereocenters. The summed E-state index contributed by atoms with van der Waals surface area (Å²) in [5, 5.41) is 1.94. The van der Waals surface area contributed by atoms with E-state index in [1.807, 2.05) is 37.3 Å². The number of aromatic nitrogens is 4. The highest BCUT2D eigenvalue weighted by molar-refractivity contribution is 7.98. The highest BCUT2D eigenvalue weighted by Crippen LogP contribution is 2.36. The van der Waals surface area contributed by atoms with Crippen molar-refractivity contribution in [2.75, 3.05) is 0 Å². The molecule has 4 aromatic heterocycles. The Balaban J connectivity index is 1.48. The summed E-state index contributed by atoms with van der Waals surface area (Å²) in [6, 6.07) is 17.8. The van der Waals surface area contributed by atoms with E-state index in [0.29, 0.717) is 11.4 Å². The zero-order valence-corrected chi connectivity index (χ0v) is 17.2. The number of nitrogens with zero attached hydrogens (tertiary/aromatic N) is 4. The van der Waals surface area contributed by atoms with Gasteiger partial charge in [0, 0.05) is 28.3 Å². The number of aryl methyl sites for hydroxylation is 1. The number of pyridine rings is 1. The second kappa shape index (κ2) is 7.42. The summed E-state index contributed by atoms with van der Waals surface area (Å²) in [4.78, 5) is 28.2. The molecule has 0 N–H and O–H groups in total. The number of hydrogen-bond donors (Lipinski definition) is 0. The molecule has 0 aliphatic heterocycles. The minimum absolute atomic E-state index is 0.0657. The molecule has 4 heterocycles. The molecular formula is C22H16N4OS2. The van der Waals surface area contributed by atoms with E-state index in [1.165, 1.54) is 10.4 Å².